The predicted molar refractivity (Wildman–Crippen MR) is 39.4 cm³/mol. The summed E-state index contributed by atoms with van der Waals surface area (Å²) in [5, 5.41) is 0. The normalized spacial score (nSPS) is 31.3. The Labute approximate surface area is 61.1 Å². The van der Waals surface area contributed by atoms with E-state index in [1.807, 2.05) is 26.0 Å². The maximum atomic E-state index is 5.26. The van der Waals surface area contributed by atoms with Crippen LogP contribution in [-0.4, -0.2) is 12.9 Å². The van der Waals surface area contributed by atoms with Crippen molar-refractivity contribution in [1.29, 1.82) is 0 Å². The van der Waals surface area contributed by atoms with E-state index < -0.39 is 5.79 Å². The fourth-order valence-electron chi connectivity index (χ4n) is 0.806. The van der Waals surface area contributed by atoms with Crippen LogP contribution in [0.5, 0.6) is 0 Å². The van der Waals surface area contributed by atoms with E-state index in [0.717, 1.165) is 5.57 Å². The molecule has 0 aromatic heterocycles. The fraction of sp³-hybridized carbons (Fsp3) is 0.500. The first-order chi connectivity index (χ1) is 4.69. The summed E-state index contributed by atoms with van der Waals surface area (Å²) in [6.07, 6.45) is 5.47. The van der Waals surface area contributed by atoms with Gasteiger partial charge in [-0.3, -0.25) is 0 Å². The minimum absolute atomic E-state index is 0.547. The van der Waals surface area contributed by atoms with Crippen molar-refractivity contribution in [2.24, 2.45) is 0 Å². The fourth-order valence-corrected chi connectivity index (χ4v) is 0.806. The monoisotopic (exact) mass is 140 g/mol. The molecule has 0 radical (unpaired) electrons. The van der Waals surface area contributed by atoms with Crippen molar-refractivity contribution in [3.8, 4) is 0 Å². The number of hydrogen-bond acceptors (Lipinski definition) is 2. The van der Waals surface area contributed by atoms with Crippen LogP contribution >= 0.6 is 0 Å². The molecule has 0 saturated heterocycles. The molecule has 0 spiro atoms. The quantitative estimate of drug-likeness (QED) is 0.553. The molecule has 10 heavy (non-hydrogen) atoms. The lowest BCUT2D eigenvalue weighted by Crippen LogP contribution is -2.31. The number of methoxy groups -OCH3 is 1. The van der Waals surface area contributed by atoms with E-state index in [1.54, 1.807) is 13.4 Å². The Morgan fingerprint density at radius 3 is 2.70 bits per heavy atom. The molecule has 1 aliphatic heterocycles. The third kappa shape index (κ3) is 1.07. The Kier molecular flexibility index (Phi) is 1.81. The molecule has 1 heterocycles. The van der Waals surface area contributed by atoms with Gasteiger partial charge in [-0.25, -0.2) is 0 Å². The lowest BCUT2D eigenvalue weighted by atomic mass is 10.1. The highest BCUT2D eigenvalue weighted by atomic mass is 16.7. The Bertz CT molecular complexity index is 182. The molecule has 56 valence electrons. The second-order valence-electron chi connectivity index (χ2n) is 2.45. The van der Waals surface area contributed by atoms with Crippen LogP contribution in [0, 0.1) is 0 Å². The van der Waals surface area contributed by atoms with E-state index in [1.165, 1.54) is 0 Å². The summed E-state index contributed by atoms with van der Waals surface area (Å²) >= 11 is 0. The molecule has 0 aromatic carbocycles. The molecule has 0 aliphatic carbocycles. The molecule has 0 aromatic rings. The number of hydrogen-bond donors (Lipinski definition) is 0. The van der Waals surface area contributed by atoms with Gasteiger partial charge in [0.1, 0.15) is 0 Å². The van der Waals surface area contributed by atoms with Gasteiger partial charge in [-0.05, 0) is 18.6 Å². The number of rotatable bonds is 1. The van der Waals surface area contributed by atoms with Crippen LogP contribution in [0.25, 0.3) is 0 Å². The van der Waals surface area contributed by atoms with Gasteiger partial charge in [0.25, 0.3) is 0 Å². The summed E-state index contributed by atoms with van der Waals surface area (Å²) < 4.78 is 10.4. The van der Waals surface area contributed by atoms with Crippen molar-refractivity contribution in [3.63, 3.8) is 0 Å². The maximum absolute atomic E-state index is 5.26. The standard InChI is InChI=1S/C8H12O2/c1-7-5-4-6-10-8(7,2)9-3/h4-6H,1-3H3. The zero-order valence-corrected chi connectivity index (χ0v) is 6.55. The van der Waals surface area contributed by atoms with Crippen LogP contribution in [0.4, 0.5) is 0 Å². The average Bonchev–Trinajstić information content (AvgIpc) is 1.96. The Balaban J connectivity index is 2.81. The topological polar surface area (TPSA) is 18.5 Å². The summed E-state index contributed by atoms with van der Waals surface area (Å²) in [4.78, 5) is 0. The lowest BCUT2D eigenvalue weighted by molar-refractivity contribution is -0.148. The van der Waals surface area contributed by atoms with Crippen molar-refractivity contribution in [3.05, 3.63) is 24.0 Å². The van der Waals surface area contributed by atoms with Crippen LogP contribution in [0.15, 0.2) is 24.0 Å². The van der Waals surface area contributed by atoms with Gasteiger partial charge in [-0.2, -0.15) is 0 Å². The molecule has 0 saturated carbocycles. The highest BCUT2D eigenvalue weighted by Gasteiger charge is 2.27. The van der Waals surface area contributed by atoms with Gasteiger partial charge in [-0.1, -0.05) is 6.08 Å². The van der Waals surface area contributed by atoms with Gasteiger partial charge in [0.05, 0.1) is 6.26 Å². The molecule has 2 nitrogen and oxygen atoms in total. The van der Waals surface area contributed by atoms with Crippen molar-refractivity contribution in [2.75, 3.05) is 7.11 Å². The van der Waals surface area contributed by atoms with Crippen molar-refractivity contribution < 1.29 is 9.47 Å². The van der Waals surface area contributed by atoms with Gasteiger partial charge in [0.15, 0.2) is 0 Å². The van der Waals surface area contributed by atoms with E-state index in [2.05, 4.69) is 0 Å². The third-order valence-corrected chi connectivity index (χ3v) is 1.82. The zero-order valence-electron chi connectivity index (χ0n) is 6.55. The first kappa shape index (κ1) is 7.35. The van der Waals surface area contributed by atoms with E-state index >= 15 is 0 Å². The molecule has 0 amide bonds. The predicted octanol–water partition coefficient (Wildman–Crippen LogP) is 1.84. The van der Waals surface area contributed by atoms with Crippen molar-refractivity contribution in [1.82, 2.24) is 0 Å². The van der Waals surface area contributed by atoms with Crippen LogP contribution in [0.2, 0.25) is 0 Å². The van der Waals surface area contributed by atoms with E-state index in [0.29, 0.717) is 0 Å². The molecular weight excluding hydrogens is 128 g/mol. The van der Waals surface area contributed by atoms with E-state index in [-0.39, 0.29) is 0 Å². The van der Waals surface area contributed by atoms with Crippen molar-refractivity contribution in [2.45, 2.75) is 19.6 Å². The zero-order chi connectivity index (χ0) is 7.61. The molecule has 1 rings (SSSR count). The van der Waals surface area contributed by atoms with Gasteiger partial charge >= 0.3 is 0 Å². The summed E-state index contributed by atoms with van der Waals surface area (Å²) in [5.74, 6) is -0.547. The van der Waals surface area contributed by atoms with Gasteiger partial charge in [0.2, 0.25) is 5.79 Å². The number of ether oxygens (including phenoxy) is 2. The summed E-state index contributed by atoms with van der Waals surface area (Å²) in [5.41, 5.74) is 1.08. The Morgan fingerprint density at radius 1 is 1.60 bits per heavy atom. The molecule has 1 atom stereocenters. The highest BCUT2D eigenvalue weighted by Crippen LogP contribution is 2.24. The average molecular weight is 140 g/mol. The van der Waals surface area contributed by atoms with Crippen LogP contribution < -0.4 is 0 Å². The lowest BCUT2D eigenvalue weighted by Gasteiger charge is -2.29. The molecule has 0 bridgehead atoms. The minimum Gasteiger partial charge on any atom is -0.466 e. The molecule has 0 N–H and O–H groups in total. The van der Waals surface area contributed by atoms with Crippen LogP contribution in [-0.2, 0) is 9.47 Å². The summed E-state index contributed by atoms with van der Waals surface area (Å²) in [7, 11) is 1.64. The largest absolute Gasteiger partial charge is 0.466 e. The van der Waals surface area contributed by atoms with Gasteiger partial charge in [-0.15, -0.1) is 0 Å². The van der Waals surface area contributed by atoms with Crippen LogP contribution in [0.3, 0.4) is 0 Å². The highest BCUT2D eigenvalue weighted by molar-refractivity contribution is 5.19. The van der Waals surface area contributed by atoms with E-state index in [9.17, 15) is 0 Å². The molecule has 1 aliphatic rings. The van der Waals surface area contributed by atoms with Gasteiger partial charge < -0.3 is 9.47 Å². The SMILES string of the molecule is COC1(C)OC=CC=C1C. The minimum atomic E-state index is -0.547. The molecular formula is C8H12O2. The summed E-state index contributed by atoms with van der Waals surface area (Å²) in [6, 6.07) is 0. The first-order valence-electron chi connectivity index (χ1n) is 3.26. The molecule has 2 heteroatoms. The second kappa shape index (κ2) is 2.46. The van der Waals surface area contributed by atoms with E-state index in [4.69, 9.17) is 9.47 Å². The van der Waals surface area contributed by atoms with Crippen LogP contribution in [0.1, 0.15) is 13.8 Å². The smallest absolute Gasteiger partial charge is 0.229 e. The Hall–Kier alpha value is -0.760. The number of allylic oxidation sites excluding steroid dienone is 2. The second-order valence-corrected chi connectivity index (χ2v) is 2.45. The first-order valence-corrected chi connectivity index (χ1v) is 3.26. The van der Waals surface area contributed by atoms with Crippen molar-refractivity contribution >= 4 is 0 Å². The third-order valence-electron chi connectivity index (χ3n) is 1.82. The summed E-state index contributed by atoms with van der Waals surface area (Å²) in [6.45, 7) is 3.87. The Morgan fingerprint density at radius 2 is 2.30 bits per heavy atom. The van der Waals surface area contributed by atoms with Gasteiger partial charge in [0, 0.05) is 14.0 Å². The maximum Gasteiger partial charge on any atom is 0.229 e. The molecule has 0 fully saturated rings. The molecule has 1 unspecified atom stereocenters.